The van der Waals surface area contributed by atoms with Crippen LogP contribution in [0, 0.1) is 0 Å². The second kappa shape index (κ2) is 10.3. The zero-order valence-electron chi connectivity index (χ0n) is 16.8. The first-order chi connectivity index (χ1) is 15.8. The van der Waals surface area contributed by atoms with Crippen molar-refractivity contribution in [1.82, 2.24) is 4.90 Å². The summed E-state index contributed by atoms with van der Waals surface area (Å²) in [7, 11) is 0. The Morgan fingerprint density at radius 2 is 1.76 bits per heavy atom. The monoisotopic (exact) mass is 605 g/mol. The summed E-state index contributed by atoms with van der Waals surface area (Å²) in [6.07, 6.45) is 1.55. The van der Waals surface area contributed by atoms with Crippen LogP contribution in [0.3, 0.4) is 0 Å². The highest BCUT2D eigenvalue weighted by atomic mass is 79.9. The maximum Gasteiger partial charge on any atom is 0.345 e. The SMILES string of the molecule is O=C(Oc1ccc(Br)cc1/C=C1\SC(=O)N(Cc2ccccc2Br)C1=O)c1ccccc1Cl. The Morgan fingerprint density at radius 1 is 1.03 bits per heavy atom. The predicted molar refractivity (Wildman–Crippen MR) is 136 cm³/mol. The minimum Gasteiger partial charge on any atom is -0.422 e. The molecule has 3 aromatic rings. The second-order valence-corrected chi connectivity index (χ2v) is 10.1. The van der Waals surface area contributed by atoms with Crippen LogP contribution in [0.4, 0.5) is 4.79 Å². The van der Waals surface area contributed by atoms with E-state index in [4.69, 9.17) is 16.3 Å². The number of rotatable bonds is 5. The fourth-order valence-electron chi connectivity index (χ4n) is 3.08. The molecule has 0 aliphatic carbocycles. The van der Waals surface area contributed by atoms with E-state index in [0.29, 0.717) is 5.56 Å². The summed E-state index contributed by atoms with van der Waals surface area (Å²) in [6.45, 7) is 0.149. The van der Waals surface area contributed by atoms with Crippen molar-refractivity contribution in [3.8, 4) is 5.75 Å². The molecule has 1 heterocycles. The van der Waals surface area contributed by atoms with Crippen molar-refractivity contribution in [1.29, 1.82) is 0 Å². The zero-order valence-corrected chi connectivity index (χ0v) is 21.5. The van der Waals surface area contributed by atoms with Gasteiger partial charge in [0, 0.05) is 14.5 Å². The van der Waals surface area contributed by atoms with Gasteiger partial charge in [-0.15, -0.1) is 0 Å². The molecule has 4 rings (SSSR count). The third kappa shape index (κ3) is 5.41. The molecule has 2 amide bonds. The van der Waals surface area contributed by atoms with E-state index in [1.54, 1.807) is 48.5 Å². The molecular formula is C24H14Br2ClNO4S. The molecule has 1 aliphatic heterocycles. The number of benzene rings is 3. The summed E-state index contributed by atoms with van der Waals surface area (Å²) in [6, 6.07) is 19.0. The van der Waals surface area contributed by atoms with E-state index in [0.717, 1.165) is 26.3 Å². The average molecular weight is 608 g/mol. The molecule has 166 valence electrons. The highest BCUT2D eigenvalue weighted by Gasteiger charge is 2.35. The van der Waals surface area contributed by atoms with E-state index < -0.39 is 11.9 Å². The second-order valence-electron chi connectivity index (χ2n) is 6.91. The Balaban J connectivity index is 1.61. The Hall–Kier alpha value is -2.39. The molecule has 0 unspecified atom stereocenters. The normalized spacial score (nSPS) is 14.8. The number of hydrogen-bond donors (Lipinski definition) is 0. The van der Waals surface area contributed by atoms with E-state index in [1.807, 2.05) is 24.3 Å². The van der Waals surface area contributed by atoms with Gasteiger partial charge < -0.3 is 4.74 Å². The van der Waals surface area contributed by atoms with Crippen LogP contribution in [-0.4, -0.2) is 22.0 Å². The topological polar surface area (TPSA) is 63.7 Å². The summed E-state index contributed by atoms with van der Waals surface area (Å²) in [5.74, 6) is -0.801. The Kier molecular flexibility index (Phi) is 7.38. The van der Waals surface area contributed by atoms with Crippen molar-refractivity contribution in [3.63, 3.8) is 0 Å². The van der Waals surface area contributed by atoms with Crippen LogP contribution in [0.15, 0.2) is 80.6 Å². The largest absolute Gasteiger partial charge is 0.422 e. The molecule has 0 aromatic heterocycles. The van der Waals surface area contributed by atoms with Gasteiger partial charge in [-0.25, -0.2) is 4.79 Å². The smallest absolute Gasteiger partial charge is 0.345 e. The van der Waals surface area contributed by atoms with Crippen molar-refractivity contribution >= 4 is 78.4 Å². The third-order valence-corrected chi connectivity index (χ3v) is 7.22. The van der Waals surface area contributed by atoms with E-state index >= 15 is 0 Å². The number of esters is 1. The Morgan fingerprint density at radius 3 is 2.52 bits per heavy atom. The molecule has 5 nitrogen and oxygen atoms in total. The molecule has 0 N–H and O–H groups in total. The lowest BCUT2D eigenvalue weighted by molar-refractivity contribution is -0.123. The molecule has 33 heavy (non-hydrogen) atoms. The van der Waals surface area contributed by atoms with Crippen LogP contribution in [0.25, 0.3) is 6.08 Å². The average Bonchev–Trinajstić information content (AvgIpc) is 3.04. The number of halogens is 3. The summed E-state index contributed by atoms with van der Waals surface area (Å²) in [5, 5.41) is -0.0963. The van der Waals surface area contributed by atoms with Crippen molar-refractivity contribution in [2.45, 2.75) is 6.54 Å². The number of ether oxygens (including phenoxy) is 1. The molecule has 1 aliphatic rings. The van der Waals surface area contributed by atoms with E-state index in [2.05, 4.69) is 31.9 Å². The highest BCUT2D eigenvalue weighted by Crippen LogP contribution is 2.36. The molecule has 0 saturated carbocycles. The van der Waals surface area contributed by atoms with Gasteiger partial charge in [-0.1, -0.05) is 73.8 Å². The van der Waals surface area contributed by atoms with Crippen molar-refractivity contribution in [3.05, 3.63) is 102 Å². The number of thioether (sulfide) groups is 1. The molecule has 1 saturated heterocycles. The first-order valence-corrected chi connectivity index (χ1v) is 12.4. The lowest BCUT2D eigenvalue weighted by Gasteiger charge is -2.13. The summed E-state index contributed by atoms with van der Waals surface area (Å²) in [4.78, 5) is 39.6. The minimum absolute atomic E-state index is 0.149. The molecule has 9 heteroatoms. The Labute approximate surface area is 216 Å². The Bertz CT molecular complexity index is 1310. The minimum atomic E-state index is -0.625. The first kappa shape index (κ1) is 23.8. The van der Waals surface area contributed by atoms with Crippen LogP contribution in [0.5, 0.6) is 5.75 Å². The first-order valence-electron chi connectivity index (χ1n) is 9.58. The van der Waals surface area contributed by atoms with E-state index in [-0.39, 0.29) is 33.0 Å². The number of imide groups is 1. The van der Waals surface area contributed by atoms with Gasteiger partial charge in [0.05, 0.1) is 22.0 Å². The van der Waals surface area contributed by atoms with Crippen LogP contribution >= 0.6 is 55.2 Å². The number of hydrogen-bond acceptors (Lipinski definition) is 5. The van der Waals surface area contributed by atoms with Crippen molar-refractivity contribution in [2.75, 3.05) is 0 Å². The molecule has 3 aromatic carbocycles. The van der Waals surface area contributed by atoms with Gasteiger partial charge >= 0.3 is 5.97 Å². The maximum atomic E-state index is 13.0. The quantitative estimate of drug-likeness (QED) is 0.173. The molecule has 0 bridgehead atoms. The highest BCUT2D eigenvalue weighted by molar-refractivity contribution is 9.10. The van der Waals surface area contributed by atoms with Gasteiger partial charge in [-0.2, -0.15) is 0 Å². The summed E-state index contributed by atoms with van der Waals surface area (Å²) >= 11 is 13.8. The predicted octanol–water partition coefficient (Wildman–Crippen LogP) is 7.32. The van der Waals surface area contributed by atoms with Gasteiger partial charge in [-0.05, 0) is 59.8 Å². The van der Waals surface area contributed by atoms with Crippen LogP contribution in [0.1, 0.15) is 21.5 Å². The van der Waals surface area contributed by atoms with Gasteiger partial charge in [0.2, 0.25) is 0 Å². The fraction of sp³-hybridized carbons (Fsp3) is 0.0417. The number of amides is 2. The maximum absolute atomic E-state index is 13.0. The number of carbonyl (C=O) groups excluding carboxylic acids is 3. The molecular weight excluding hydrogens is 594 g/mol. The summed E-state index contributed by atoms with van der Waals surface area (Å²) < 4.78 is 7.10. The van der Waals surface area contributed by atoms with Gasteiger partial charge in [0.15, 0.2) is 0 Å². The zero-order chi connectivity index (χ0) is 23.5. The number of carbonyl (C=O) groups is 3. The van der Waals surface area contributed by atoms with Gasteiger partial charge in [-0.3, -0.25) is 14.5 Å². The lowest BCUT2D eigenvalue weighted by atomic mass is 10.1. The van der Waals surface area contributed by atoms with Crippen LogP contribution in [0.2, 0.25) is 5.02 Å². The molecule has 0 atom stereocenters. The molecule has 1 fully saturated rings. The number of nitrogens with zero attached hydrogens (tertiary/aromatic N) is 1. The fourth-order valence-corrected chi connectivity index (χ4v) is 4.91. The van der Waals surface area contributed by atoms with Crippen molar-refractivity contribution < 1.29 is 19.1 Å². The lowest BCUT2D eigenvalue weighted by Crippen LogP contribution is -2.27. The molecule has 0 radical (unpaired) electrons. The third-order valence-electron chi connectivity index (χ3n) is 4.71. The van der Waals surface area contributed by atoms with Gasteiger partial charge in [0.25, 0.3) is 11.1 Å². The van der Waals surface area contributed by atoms with Crippen LogP contribution < -0.4 is 4.74 Å². The van der Waals surface area contributed by atoms with E-state index in [9.17, 15) is 14.4 Å². The van der Waals surface area contributed by atoms with E-state index in [1.165, 1.54) is 4.90 Å². The standard InChI is InChI=1S/C24H14Br2ClNO4S/c25-16-9-10-20(32-23(30)17-6-2-4-8-19(17)27)15(11-16)12-21-22(29)28(24(31)33-21)13-14-5-1-3-7-18(14)26/h1-12H,13H2/b21-12-. The summed E-state index contributed by atoms with van der Waals surface area (Å²) in [5.41, 5.74) is 1.51. The molecule has 0 spiro atoms. The van der Waals surface area contributed by atoms with Gasteiger partial charge in [0.1, 0.15) is 5.75 Å². The van der Waals surface area contributed by atoms with Crippen LogP contribution in [-0.2, 0) is 11.3 Å². The van der Waals surface area contributed by atoms with Crippen molar-refractivity contribution in [2.24, 2.45) is 0 Å².